The maximum absolute atomic E-state index is 11.3. The number of hydrogen-bond acceptors (Lipinski definition) is 5. The zero-order chi connectivity index (χ0) is 10.6. The van der Waals surface area contributed by atoms with Crippen molar-refractivity contribution in [2.24, 2.45) is 0 Å². The molecule has 1 aliphatic rings. The first kappa shape index (κ1) is 11.2. The molecular weight excluding hydrogens is 202 g/mol. The molecule has 1 fully saturated rings. The molecule has 0 bridgehead atoms. The van der Waals surface area contributed by atoms with Gasteiger partial charge in [-0.3, -0.25) is 0 Å². The highest BCUT2D eigenvalue weighted by Gasteiger charge is 2.25. The molecule has 5 nitrogen and oxygen atoms in total. The lowest BCUT2D eigenvalue weighted by molar-refractivity contribution is 0.552. The van der Waals surface area contributed by atoms with Gasteiger partial charge in [-0.1, -0.05) is 0 Å². The van der Waals surface area contributed by atoms with Gasteiger partial charge in [-0.25, -0.2) is 8.42 Å². The molecule has 1 heterocycles. The summed E-state index contributed by atoms with van der Waals surface area (Å²) in [6.07, 6.45) is 2.82. The standard InChI is InChI=1S/C8H15N3O2S/c1-10-5-7(4-9)8-6-14(12,13)3-2-11-8/h4-5,8-11H,2-3,6H2,1H3/b7-5+,9-4?. The zero-order valence-corrected chi connectivity index (χ0v) is 8.89. The van der Waals surface area contributed by atoms with Gasteiger partial charge in [-0.15, -0.1) is 0 Å². The van der Waals surface area contributed by atoms with E-state index in [-0.39, 0.29) is 17.5 Å². The summed E-state index contributed by atoms with van der Waals surface area (Å²) in [4.78, 5) is 0. The third-order valence-corrected chi connectivity index (χ3v) is 3.77. The maximum Gasteiger partial charge on any atom is 0.153 e. The van der Waals surface area contributed by atoms with Gasteiger partial charge in [0.2, 0.25) is 0 Å². The molecule has 80 valence electrons. The normalized spacial score (nSPS) is 26.9. The first-order valence-electron chi connectivity index (χ1n) is 4.40. The summed E-state index contributed by atoms with van der Waals surface area (Å²) in [6, 6.07) is -0.251. The van der Waals surface area contributed by atoms with E-state index in [4.69, 9.17) is 5.41 Å². The Hall–Kier alpha value is -0.880. The second kappa shape index (κ2) is 4.56. The Labute approximate surface area is 84.0 Å². The van der Waals surface area contributed by atoms with Crippen LogP contribution in [0.25, 0.3) is 0 Å². The van der Waals surface area contributed by atoms with Crippen molar-refractivity contribution in [2.75, 3.05) is 25.1 Å². The molecule has 1 aliphatic heterocycles. The molecule has 1 rings (SSSR count). The van der Waals surface area contributed by atoms with E-state index in [1.165, 1.54) is 6.21 Å². The summed E-state index contributed by atoms with van der Waals surface area (Å²) in [6.45, 7) is 0.460. The van der Waals surface area contributed by atoms with Gasteiger partial charge in [0.05, 0.1) is 11.5 Å². The van der Waals surface area contributed by atoms with Crippen LogP contribution in [0.4, 0.5) is 0 Å². The highest BCUT2D eigenvalue weighted by atomic mass is 32.2. The van der Waals surface area contributed by atoms with Crippen LogP contribution in [-0.4, -0.2) is 45.8 Å². The van der Waals surface area contributed by atoms with Crippen molar-refractivity contribution in [1.82, 2.24) is 10.6 Å². The minimum absolute atomic E-state index is 0.0793. The first-order valence-corrected chi connectivity index (χ1v) is 6.23. The highest BCUT2D eigenvalue weighted by molar-refractivity contribution is 7.91. The molecule has 0 spiro atoms. The van der Waals surface area contributed by atoms with Crippen molar-refractivity contribution in [2.45, 2.75) is 6.04 Å². The SMILES string of the molecule is CN/C=C(\C=N)C1CS(=O)(=O)CCN1. The van der Waals surface area contributed by atoms with Crippen LogP contribution >= 0.6 is 0 Å². The topological polar surface area (TPSA) is 82.1 Å². The Morgan fingerprint density at radius 1 is 1.64 bits per heavy atom. The molecule has 0 aromatic carbocycles. The second-order valence-corrected chi connectivity index (χ2v) is 5.43. The summed E-state index contributed by atoms with van der Waals surface area (Å²) >= 11 is 0. The summed E-state index contributed by atoms with van der Waals surface area (Å²) in [5.41, 5.74) is 0.663. The average Bonchev–Trinajstić information content (AvgIpc) is 2.12. The molecule has 0 aromatic heterocycles. The molecule has 6 heteroatoms. The van der Waals surface area contributed by atoms with Crippen LogP contribution in [0.3, 0.4) is 0 Å². The lowest BCUT2D eigenvalue weighted by Gasteiger charge is -2.24. The van der Waals surface area contributed by atoms with Crippen molar-refractivity contribution >= 4 is 16.1 Å². The van der Waals surface area contributed by atoms with E-state index in [0.29, 0.717) is 12.1 Å². The van der Waals surface area contributed by atoms with E-state index in [2.05, 4.69) is 10.6 Å². The molecular formula is C8H15N3O2S. The van der Waals surface area contributed by atoms with Crippen LogP contribution < -0.4 is 10.6 Å². The fourth-order valence-electron chi connectivity index (χ4n) is 1.41. The molecule has 3 N–H and O–H groups in total. The van der Waals surface area contributed by atoms with Crippen LogP contribution in [0.1, 0.15) is 0 Å². The number of nitrogens with one attached hydrogen (secondary N) is 3. The Morgan fingerprint density at radius 2 is 2.36 bits per heavy atom. The Morgan fingerprint density at radius 3 is 2.86 bits per heavy atom. The largest absolute Gasteiger partial charge is 0.394 e. The van der Waals surface area contributed by atoms with Gasteiger partial charge in [0, 0.05) is 37.6 Å². The monoisotopic (exact) mass is 217 g/mol. The summed E-state index contributed by atoms with van der Waals surface area (Å²) < 4.78 is 22.6. The molecule has 14 heavy (non-hydrogen) atoms. The van der Waals surface area contributed by atoms with Gasteiger partial charge in [0.25, 0.3) is 0 Å². The average molecular weight is 217 g/mol. The van der Waals surface area contributed by atoms with E-state index >= 15 is 0 Å². The number of rotatable bonds is 3. The molecule has 1 unspecified atom stereocenters. The lowest BCUT2D eigenvalue weighted by Crippen LogP contribution is -2.46. The van der Waals surface area contributed by atoms with Gasteiger partial charge in [-0.05, 0) is 0 Å². The number of hydrogen-bond donors (Lipinski definition) is 3. The molecule has 0 aromatic rings. The van der Waals surface area contributed by atoms with Gasteiger partial charge < -0.3 is 16.0 Å². The Balaban J connectivity index is 2.77. The van der Waals surface area contributed by atoms with Crippen molar-refractivity contribution in [3.05, 3.63) is 11.8 Å². The summed E-state index contributed by atoms with van der Waals surface area (Å²) in [5, 5.41) is 13.0. The maximum atomic E-state index is 11.3. The minimum atomic E-state index is -2.94. The molecule has 1 atom stereocenters. The first-order chi connectivity index (χ1) is 6.59. The van der Waals surface area contributed by atoms with E-state index in [0.717, 1.165) is 0 Å². The zero-order valence-electron chi connectivity index (χ0n) is 8.08. The fourth-order valence-corrected chi connectivity index (χ4v) is 2.82. The van der Waals surface area contributed by atoms with E-state index in [1.54, 1.807) is 13.2 Å². The Kier molecular flexibility index (Phi) is 3.65. The molecule has 1 saturated heterocycles. The van der Waals surface area contributed by atoms with Crippen molar-refractivity contribution in [3.63, 3.8) is 0 Å². The fraction of sp³-hybridized carbons (Fsp3) is 0.625. The molecule has 0 aliphatic carbocycles. The number of sulfone groups is 1. The molecule has 0 radical (unpaired) electrons. The Bertz CT molecular complexity index is 334. The van der Waals surface area contributed by atoms with Gasteiger partial charge in [0.15, 0.2) is 9.84 Å². The van der Waals surface area contributed by atoms with E-state index in [9.17, 15) is 8.42 Å². The van der Waals surface area contributed by atoms with Crippen LogP contribution in [0, 0.1) is 5.41 Å². The highest BCUT2D eigenvalue weighted by Crippen LogP contribution is 2.07. The third kappa shape index (κ3) is 2.81. The van der Waals surface area contributed by atoms with Crippen molar-refractivity contribution < 1.29 is 8.42 Å². The smallest absolute Gasteiger partial charge is 0.153 e. The third-order valence-electron chi connectivity index (χ3n) is 2.10. The quantitative estimate of drug-likeness (QED) is 0.536. The second-order valence-electron chi connectivity index (χ2n) is 3.20. The predicted molar refractivity (Wildman–Crippen MR) is 56.4 cm³/mol. The summed E-state index contributed by atoms with van der Waals surface area (Å²) in [5.74, 6) is 0.268. The lowest BCUT2D eigenvalue weighted by atomic mass is 10.1. The van der Waals surface area contributed by atoms with Crippen LogP contribution in [0.2, 0.25) is 0 Å². The summed E-state index contributed by atoms with van der Waals surface area (Å²) in [7, 11) is -1.22. The molecule has 0 amide bonds. The van der Waals surface area contributed by atoms with Crippen molar-refractivity contribution in [1.29, 1.82) is 5.41 Å². The van der Waals surface area contributed by atoms with Crippen LogP contribution in [-0.2, 0) is 9.84 Å². The van der Waals surface area contributed by atoms with Gasteiger partial charge >= 0.3 is 0 Å². The van der Waals surface area contributed by atoms with Crippen molar-refractivity contribution in [3.8, 4) is 0 Å². The van der Waals surface area contributed by atoms with Crippen LogP contribution in [0.5, 0.6) is 0 Å². The van der Waals surface area contributed by atoms with E-state index in [1.807, 2.05) is 0 Å². The minimum Gasteiger partial charge on any atom is -0.394 e. The van der Waals surface area contributed by atoms with E-state index < -0.39 is 9.84 Å². The van der Waals surface area contributed by atoms with Gasteiger partial charge in [0.1, 0.15) is 0 Å². The van der Waals surface area contributed by atoms with Gasteiger partial charge in [-0.2, -0.15) is 0 Å². The molecule has 0 saturated carbocycles. The predicted octanol–water partition coefficient (Wildman–Crippen LogP) is -0.874. The van der Waals surface area contributed by atoms with Crippen LogP contribution in [0.15, 0.2) is 11.8 Å².